The summed E-state index contributed by atoms with van der Waals surface area (Å²) < 4.78 is 6.99. The number of nitrogens with zero attached hydrogens (tertiary/aromatic N) is 2. The van der Waals surface area contributed by atoms with Crippen molar-refractivity contribution in [3.05, 3.63) is 42.2 Å². The summed E-state index contributed by atoms with van der Waals surface area (Å²) in [6, 6.07) is 7.57. The molecule has 0 bridgehead atoms. The predicted molar refractivity (Wildman–Crippen MR) is 58.7 cm³/mol. The molecule has 4 heteroatoms. The molecule has 0 aliphatic carbocycles. The average Bonchev–Trinajstić information content (AvgIpc) is 2.69. The summed E-state index contributed by atoms with van der Waals surface area (Å²) in [5.74, 6) is 0.775. The normalized spacial score (nSPS) is 10.2. The zero-order valence-corrected chi connectivity index (χ0v) is 8.55. The molecule has 0 aliphatic rings. The van der Waals surface area contributed by atoms with Crippen LogP contribution in [0.1, 0.15) is 5.56 Å². The van der Waals surface area contributed by atoms with Gasteiger partial charge in [-0.3, -0.25) is 4.68 Å². The van der Waals surface area contributed by atoms with Crippen LogP contribution in [0.5, 0.6) is 5.75 Å². The summed E-state index contributed by atoms with van der Waals surface area (Å²) in [6.07, 6.45) is 3.67. The summed E-state index contributed by atoms with van der Waals surface area (Å²) in [5.41, 5.74) is 7.54. The summed E-state index contributed by atoms with van der Waals surface area (Å²) in [5, 5.41) is 4.13. The molecule has 0 saturated heterocycles. The van der Waals surface area contributed by atoms with Gasteiger partial charge in [0, 0.05) is 24.1 Å². The van der Waals surface area contributed by atoms with Gasteiger partial charge in [-0.05, 0) is 23.8 Å². The van der Waals surface area contributed by atoms with E-state index in [1.807, 2.05) is 29.1 Å². The van der Waals surface area contributed by atoms with Gasteiger partial charge in [-0.15, -0.1) is 0 Å². The molecule has 2 N–H and O–H groups in total. The summed E-state index contributed by atoms with van der Waals surface area (Å²) in [7, 11) is 1.63. The van der Waals surface area contributed by atoms with Gasteiger partial charge in [0.1, 0.15) is 5.75 Å². The number of nitrogen functional groups attached to an aromatic ring is 1. The Bertz CT molecular complexity index is 437. The van der Waals surface area contributed by atoms with Crippen LogP contribution in [0.3, 0.4) is 0 Å². The van der Waals surface area contributed by atoms with E-state index in [1.54, 1.807) is 19.4 Å². The standard InChI is InChI=1S/C11H13N3O/c1-15-11-6-9(5-10(12)7-11)8-14-4-2-3-13-14/h2-7H,8,12H2,1H3. The van der Waals surface area contributed by atoms with E-state index in [0.717, 1.165) is 11.3 Å². The van der Waals surface area contributed by atoms with Crippen molar-refractivity contribution in [1.29, 1.82) is 0 Å². The van der Waals surface area contributed by atoms with Gasteiger partial charge in [0.05, 0.1) is 13.7 Å². The topological polar surface area (TPSA) is 53.1 Å². The maximum atomic E-state index is 5.75. The van der Waals surface area contributed by atoms with Crippen LogP contribution in [-0.2, 0) is 6.54 Å². The fourth-order valence-electron chi connectivity index (χ4n) is 1.48. The molecule has 1 aromatic heterocycles. The van der Waals surface area contributed by atoms with Crippen LogP contribution < -0.4 is 10.5 Å². The molecule has 0 fully saturated rings. The molecule has 0 amide bonds. The van der Waals surface area contributed by atoms with Crippen LogP contribution in [0.4, 0.5) is 5.69 Å². The summed E-state index contributed by atoms with van der Waals surface area (Å²) in [6.45, 7) is 0.703. The maximum Gasteiger partial charge on any atom is 0.121 e. The van der Waals surface area contributed by atoms with Crippen molar-refractivity contribution in [2.75, 3.05) is 12.8 Å². The lowest BCUT2D eigenvalue weighted by Crippen LogP contribution is -2.01. The Morgan fingerprint density at radius 1 is 1.40 bits per heavy atom. The molecule has 0 radical (unpaired) electrons. The third-order valence-corrected chi connectivity index (χ3v) is 2.13. The molecule has 0 aliphatic heterocycles. The molecule has 2 rings (SSSR count). The van der Waals surface area contributed by atoms with E-state index in [9.17, 15) is 0 Å². The van der Waals surface area contributed by atoms with E-state index in [-0.39, 0.29) is 0 Å². The van der Waals surface area contributed by atoms with E-state index in [0.29, 0.717) is 12.2 Å². The van der Waals surface area contributed by atoms with Crippen LogP contribution in [0.25, 0.3) is 0 Å². The van der Waals surface area contributed by atoms with Gasteiger partial charge in [0.15, 0.2) is 0 Å². The highest BCUT2D eigenvalue weighted by atomic mass is 16.5. The molecule has 0 saturated carbocycles. The molecular formula is C11H13N3O. The quantitative estimate of drug-likeness (QED) is 0.769. The van der Waals surface area contributed by atoms with Crippen molar-refractivity contribution in [2.45, 2.75) is 6.54 Å². The number of ether oxygens (including phenoxy) is 1. The predicted octanol–water partition coefficient (Wildman–Crippen LogP) is 1.52. The van der Waals surface area contributed by atoms with E-state index in [2.05, 4.69) is 5.10 Å². The highest BCUT2D eigenvalue weighted by Gasteiger charge is 2.00. The Hall–Kier alpha value is -1.97. The first kappa shape index (κ1) is 9.58. The molecule has 0 unspecified atom stereocenters. The lowest BCUT2D eigenvalue weighted by Gasteiger charge is -2.06. The minimum absolute atomic E-state index is 0.703. The average molecular weight is 203 g/mol. The molecule has 0 spiro atoms. The molecule has 78 valence electrons. The summed E-state index contributed by atoms with van der Waals surface area (Å²) >= 11 is 0. The van der Waals surface area contributed by atoms with Gasteiger partial charge < -0.3 is 10.5 Å². The minimum Gasteiger partial charge on any atom is -0.497 e. The van der Waals surface area contributed by atoms with Gasteiger partial charge >= 0.3 is 0 Å². The molecule has 0 atom stereocenters. The van der Waals surface area contributed by atoms with Gasteiger partial charge in [-0.25, -0.2) is 0 Å². The van der Waals surface area contributed by atoms with Gasteiger partial charge in [-0.1, -0.05) is 0 Å². The Morgan fingerprint density at radius 3 is 2.93 bits per heavy atom. The molecule has 1 aromatic carbocycles. The third-order valence-electron chi connectivity index (χ3n) is 2.13. The number of rotatable bonds is 3. The van der Waals surface area contributed by atoms with Crippen molar-refractivity contribution < 1.29 is 4.74 Å². The maximum absolute atomic E-state index is 5.75. The summed E-state index contributed by atoms with van der Waals surface area (Å²) in [4.78, 5) is 0. The number of nitrogens with two attached hydrogens (primary N) is 1. The van der Waals surface area contributed by atoms with Crippen LogP contribution in [0.2, 0.25) is 0 Å². The third kappa shape index (κ3) is 2.28. The van der Waals surface area contributed by atoms with Crippen LogP contribution in [0, 0.1) is 0 Å². The highest BCUT2D eigenvalue weighted by Crippen LogP contribution is 2.18. The van der Waals surface area contributed by atoms with Crippen LogP contribution in [0.15, 0.2) is 36.7 Å². The first-order chi connectivity index (χ1) is 7.28. The minimum atomic E-state index is 0.703. The zero-order chi connectivity index (χ0) is 10.7. The molecule has 4 nitrogen and oxygen atoms in total. The van der Waals surface area contributed by atoms with Crippen LogP contribution >= 0.6 is 0 Å². The number of hydrogen-bond acceptors (Lipinski definition) is 3. The monoisotopic (exact) mass is 203 g/mol. The smallest absolute Gasteiger partial charge is 0.121 e. The van der Waals surface area contributed by atoms with E-state index < -0.39 is 0 Å². The van der Waals surface area contributed by atoms with Gasteiger partial charge in [0.25, 0.3) is 0 Å². The number of aromatic nitrogens is 2. The fourth-order valence-corrected chi connectivity index (χ4v) is 1.48. The highest BCUT2D eigenvalue weighted by molar-refractivity contribution is 5.47. The Labute approximate surface area is 88.3 Å². The van der Waals surface area contributed by atoms with Crippen LogP contribution in [-0.4, -0.2) is 16.9 Å². The fraction of sp³-hybridized carbons (Fsp3) is 0.182. The van der Waals surface area contributed by atoms with Crippen molar-refractivity contribution in [2.24, 2.45) is 0 Å². The Kier molecular flexibility index (Phi) is 2.58. The Balaban J connectivity index is 2.24. The number of benzene rings is 1. The van der Waals surface area contributed by atoms with E-state index in [1.165, 1.54) is 0 Å². The number of methoxy groups -OCH3 is 1. The second-order valence-corrected chi connectivity index (χ2v) is 3.32. The number of anilines is 1. The number of hydrogen-bond donors (Lipinski definition) is 1. The van der Waals surface area contributed by atoms with E-state index in [4.69, 9.17) is 10.5 Å². The van der Waals surface area contributed by atoms with Crippen molar-refractivity contribution in [3.63, 3.8) is 0 Å². The van der Waals surface area contributed by atoms with Gasteiger partial charge in [0.2, 0.25) is 0 Å². The van der Waals surface area contributed by atoms with Crippen molar-refractivity contribution >= 4 is 5.69 Å². The van der Waals surface area contributed by atoms with Crippen molar-refractivity contribution in [1.82, 2.24) is 9.78 Å². The second kappa shape index (κ2) is 4.04. The van der Waals surface area contributed by atoms with Gasteiger partial charge in [-0.2, -0.15) is 5.10 Å². The lowest BCUT2D eigenvalue weighted by atomic mass is 10.2. The first-order valence-corrected chi connectivity index (χ1v) is 4.69. The zero-order valence-electron chi connectivity index (χ0n) is 8.55. The second-order valence-electron chi connectivity index (χ2n) is 3.32. The molecule has 15 heavy (non-hydrogen) atoms. The first-order valence-electron chi connectivity index (χ1n) is 4.69. The van der Waals surface area contributed by atoms with Crippen molar-refractivity contribution in [3.8, 4) is 5.75 Å². The SMILES string of the molecule is COc1cc(N)cc(Cn2cccn2)c1. The lowest BCUT2D eigenvalue weighted by molar-refractivity contribution is 0.414. The largest absolute Gasteiger partial charge is 0.497 e. The molecular weight excluding hydrogens is 190 g/mol. The molecule has 2 aromatic rings. The molecule has 1 heterocycles. The van der Waals surface area contributed by atoms with E-state index >= 15 is 0 Å². The Morgan fingerprint density at radius 2 is 2.27 bits per heavy atom.